The fraction of sp³-hybridized carbons (Fsp3) is 0.182. The van der Waals surface area contributed by atoms with E-state index in [0.717, 1.165) is 11.8 Å². The number of aromatic amines is 1. The standard InChI is InChI=1S/C22H22N2O5/c1-12-4-3-5-14(8-12)16-9-18(24-21(27)20(16)22(28)29)13(2)17(11-25)15-6-7-23-10-19(15)26/h3-11,13,22,25-26,28-29H,1-2H3,(H,24,27)/b17-11+. The lowest BCUT2D eigenvalue weighted by Crippen LogP contribution is -2.20. The van der Waals surface area contributed by atoms with E-state index >= 15 is 0 Å². The van der Waals surface area contributed by atoms with Crippen molar-refractivity contribution in [3.05, 3.63) is 87.8 Å². The van der Waals surface area contributed by atoms with Crippen LogP contribution in [0.15, 0.2) is 59.8 Å². The summed E-state index contributed by atoms with van der Waals surface area (Å²) in [6.45, 7) is 3.65. The summed E-state index contributed by atoms with van der Waals surface area (Å²) < 4.78 is 0. The highest BCUT2D eigenvalue weighted by atomic mass is 16.5. The topological polar surface area (TPSA) is 127 Å². The summed E-state index contributed by atoms with van der Waals surface area (Å²) in [4.78, 5) is 19.2. The third-order valence-corrected chi connectivity index (χ3v) is 4.86. The second-order valence-electron chi connectivity index (χ2n) is 6.82. The van der Waals surface area contributed by atoms with Gasteiger partial charge in [-0.2, -0.15) is 0 Å². The zero-order valence-corrected chi connectivity index (χ0v) is 16.0. The van der Waals surface area contributed by atoms with Crippen molar-refractivity contribution in [2.45, 2.75) is 26.1 Å². The fourth-order valence-electron chi connectivity index (χ4n) is 3.34. The highest BCUT2D eigenvalue weighted by Crippen LogP contribution is 2.36. The van der Waals surface area contributed by atoms with E-state index in [2.05, 4.69) is 9.97 Å². The average molecular weight is 394 g/mol. The third kappa shape index (κ3) is 4.06. The van der Waals surface area contributed by atoms with Gasteiger partial charge in [0.2, 0.25) is 0 Å². The Balaban J connectivity index is 2.18. The van der Waals surface area contributed by atoms with Crippen molar-refractivity contribution in [1.29, 1.82) is 0 Å². The zero-order valence-electron chi connectivity index (χ0n) is 16.0. The number of nitrogens with one attached hydrogen (secondary N) is 1. The molecule has 0 radical (unpaired) electrons. The smallest absolute Gasteiger partial charge is 0.257 e. The molecule has 0 fully saturated rings. The summed E-state index contributed by atoms with van der Waals surface area (Å²) in [5.41, 5.74) is 2.37. The van der Waals surface area contributed by atoms with Gasteiger partial charge >= 0.3 is 0 Å². The minimum absolute atomic E-state index is 0.108. The highest BCUT2D eigenvalue weighted by Gasteiger charge is 2.22. The second kappa shape index (κ2) is 8.30. The number of benzene rings is 1. The Kier molecular flexibility index (Phi) is 5.81. The molecular weight excluding hydrogens is 372 g/mol. The van der Waals surface area contributed by atoms with Crippen molar-refractivity contribution in [3.8, 4) is 16.9 Å². The Labute approximate surface area is 167 Å². The van der Waals surface area contributed by atoms with Crippen molar-refractivity contribution in [3.63, 3.8) is 0 Å². The highest BCUT2D eigenvalue weighted by molar-refractivity contribution is 5.75. The number of aliphatic hydroxyl groups excluding tert-OH is 2. The lowest BCUT2D eigenvalue weighted by molar-refractivity contribution is -0.0430. The molecule has 3 rings (SSSR count). The van der Waals surface area contributed by atoms with Crippen LogP contribution in [0.2, 0.25) is 0 Å². The molecule has 0 aliphatic rings. The molecule has 3 aromatic rings. The van der Waals surface area contributed by atoms with Crippen molar-refractivity contribution >= 4 is 5.57 Å². The first-order valence-electron chi connectivity index (χ1n) is 9.01. The molecule has 0 aliphatic carbocycles. The predicted octanol–water partition coefficient (Wildman–Crippen LogP) is 3.14. The zero-order chi connectivity index (χ0) is 21.1. The van der Waals surface area contributed by atoms with E-state index < -0.39 is 17.8 Å². The van der Waals surface area contributed by atoms with Crippen LogP contribution < -0.4 is 5.56 Å². The normalized spacial score (nSPS) is 12.9. The molecule has 1 aromatic carbocycles. The number of aliphatic hydroxyl groups is 3. The van der Waals surface area contributed by atoms with E-state index in [1.54, 1.807) is 25.1 Å². The van der Waals surface area contributed by atoms with Gasteiger partial charge in [0.25, 0.3) is 5.56 Å². The maximum atomic E-state index is 12.7. The van der Waals surface area contributed by atoms with Crippen molar-refractivity contribution < 1.29 is 20.4 Å². The number of rotatable bonds is 5. The Morgan fingerprint density at radius 1 is 1.21 bits per heavy atom. The molecule has 0 bridgehead atoms. The number of pyridine rings is 2. The Morgan fingerprint density at radius 3 is 2.59 bits per heavy atom. The van der Waals surface area contributed by atoms with Gasteiger partial charge in [-0.25, -0.2) is 0 Å². The van der Waals surface area contributed by atoms with Gasteiger partial charge in [-0.3, -0.25) is 9.78 Å². The van der Waals surface area contributed by atoms with Crippen molar-refractivity contribution in [2.75, 3.05) is 0 Å². The van der Waals surface area contributed by atoms with Gasteiger partial charge in [-0.1, -0.05) is 36.8 Å². The molecule has 5 N–H and O–H groups in total. The molecule has 7 heteroatoms. The van der Waals surface area contributed by atoms with Crippen molar-refractivity contribution in [2.24, 2.45) is 0 Å². The SMILES string of the molecule is Cc1cccc(-c2cc(C(C)/C(=C\O)c3ccncc3O)[nH]c(=O)c2C(O)O)c1. The quantitative estimate of drug-likeness (QED) is 0.334. The van der Waals surface area contributed by atoms with Gasteiger partial charge in [0, 0.05) is 28.9 Å². The molecule has 7 nitrogen and oxygen atoms in total. The van der Waals surface area contributed by atoms with Gasteiger partial charge in [0.05, 0.1) is 18.0 Å². The average Bonchev–Trinajstić information content (AvgIpc) is 2.69. The van der Waals surface area contributed by atoms with Crippen LogP contribution in [0.3, 0.4) is 0 Å². The molecule has 2 heterocycles. The molecule has 0 saturated heterocycles. The largest absolute Gasteiger partial charge is 0.515 e. The molecule has 0 aliphatic heterocycles. The van der Waals surface area contributed by atoms with Crippen LogP contribution in [-0.4, -0.2) is 30.4 Å². The summed E-state index contributed by atoms with van der Waals surface area (Å²) in [5.74, 6) is -0.627. The summed E-state index contributed by atoms with van der Waals surface area (Å²) in [5, 5.41) is 39.4. The summed E-state index contributed by atoms with van der Waals surface area (Å²) in [6, 6.07) is 10.5. The number of aromatic hydroxyl groups is 1. The number of hydrogen-bond donors (Lipinski definition) is 5. The Bertz CT molecular complexity index is 1120. The summed E-state index contributed by atoms with van der Waals surface area (Å²) in [6.07, 6.45) is 1.67. The predicted molar refractivity (Wildman–Crippen MR) is 109 cm³/mol. The van der Waals surface area contributed by atoms with E-state index in [0.29, 0.717) is 28.0 Å². The first-order valence-corrected chi connectivity index (χ1v) is 9.01. The number of aryl methyl sites for hydroxylation is 1. The molecule has 0 amide bonds. The van der Waals surface area contributed by atoms with Gasteiger partial charge in [0.1, 0.15) is 5.75 Å². The lowest BCUT2D eigenvalue weighted by Gasteiger charge is -2.19. The number of aromatic nitrogens is 2. The lowest BCUT2D eigenvalue weighted by atomic mass is 9.89. The molecule has 2 aromatic heterocycles. The fourth-order valence-corrected chi connectivity index (χ4v) is 3.34. The van der Waals surface area contributed by atoms with Gasteiger partial charge in [0.15, 0.2) is 6.29 Å². The maximum absolute atomic E-state index is 12.7. The monoisotopic (exact) mass is 394 g/mol. The van der Waals surface area contributed by atoms with E-state index in [9.17, 15) is 25.2 Å². The van der Waals surface area contributed by atoms with Crippen molar-refractivity contribution in [1.82, 2.24) is 9.97 Å². The van der Waals surface area contributed by atoms with E-state index in [4.69, 9.17) is 0 Å². The van der Waals surface area contributed by atoms with Gasteiger partial charge in [-0.15, -0.1) is 0 Å². The first-order chi connectivity index (χ1) is 13.8. The second-order valence-corrected chi connectivity index (χ2v) is 6.82. The molecule has 150 valence electrons. The van der Waals surface area contributed by atoms with Crippen LogP contribution in [0.4, 0.5) is 0 Å². The van der Waals surface area contributed by atoms with Crippen LogP contribution in [0.5, 0.6) is 5.75 Å². The van der Waals surface area contributed by atoms with Crippen LogP contribution in [0, 0.1) is 6.92 Å². The molecule has 0 spiro atoms. The molecule has 1 atom stereocenters. The van der Waals surface area contributed by atoms with E-state index in [1.165, 1.54) is 12.4 Å². The van der Waals surface area contributed by atoms with Crippen LogP contribution >= 0.6 is 0 Å². The molecule has 0 saturated carbocycles. The summed E-state index contributed by atoms with van der Waals surface area (Å²) in [7, 11) is 0. The third-order valence-electron chi connectivity index (χ3n) is 4.86. The molecule has 29 heavy (non-hydrogen) atoms. The van der Waals surface area contributed by atoms with E-state index in [-0.39, 0.29) is 11.3 Å². The number of allylic oxidation sites excluding steroid dienone is 1. The Morgan fingerprint density at radius 2 is 1.97 bits per heavy atom. The number of H-pyrrole nitrogens is 1. The van der Waals surface area contributed by atoms with Crippen LogP contribution in [0.25, 0.3) is 16.7 Å². The van der Waals surface area contributed by atoms with Crippen LogP contribution in [-0.2, 0) is 0 Å². The number of nitrogens with zero attached hydrogens (tertiary/aromatic N) is 1. The van der Waals surface area contributed by atoms with Gasteiger partial charge in [-0.05, 0) is 30.2 Å². The van der Waals surface area contributed by atoms with Gasteiger partial charge < -0.3 is 25.4 Å². The summed E-state index contributed by atoms with van der Waals surface area (Å²) >= 11 is 0. The first kappa shape index (κ1) is 20.3. The minimum atomic E-state index is -1.95. The van der Waals surface area contributed by atoms with E-state index in [1.807, 2.05) is 25.1 Å². The Hall–Kier alpha value is -3.42. The molecular formula is C22H22N2O5. The maximum Gasteiger partial charge on any atom is 0.257 e. The number of hydrogen-bond acceptors (Lipinski definition) is 6. The minimum Gasteiger partial charge on any atom is -0.515 e. The van der Waals surface area contributed by atoms with Crippen LogP contribution in [0.1, 0.15) is 41.5 Å². The molecule has 1 unspecified atom stereocenters.